The van der Waals surface area contributed by atoms with Crippen LogP contribution in [0.2, 0.25) is 0 Å². The van der Waals surface area contributed by atoms with E-state index in [9.17, 15) is 4.79 Å². The van der Waals surface area contributed by atoms with E-state index in [1.54, 1.807) is 17.4 Å². The van der Waals surface area contributed by atoms with E-state index in [-0.39, 0.29) is 0 Å². The van der Waals surface area contributed by atoms with Crippen molar-refractivity contribution in [3.8, 4) is 10.4 Å². The first kappa shape index (κ1) is 11.5. The molecule has 0 radical (unpaired) electrons. The fourth-order valence-electron chi connectivity index (χ4n) is 1.44. The molecule has 0 aliphatic carbocycles. The third-order valence-electron chi connectivity index (χ3n) is 2.18. The molecular formula is C13H11NO2S. The predicted molar refractivity (Wildman–Crippen MR) is 69.0 cm³/mol. The fraction of sp³-hybridized carbons (Fsp3) is 0.0769. The van der Waals surface area contributed by atoms with Crippen LogP contribution in [0.3, 0.4) is 0 Å². The molecule has 0 saturated carbocycles. The molecule has 0 bridgehead atoms. The van der Waals surface area contributed by atoms with Gasteiger partial charge in [-0.25, -0.2) is 4.79 Å². The summed E-state index contributed by atoms with van der Waals surface area (Å²) in [5.74, 6) is -0.933. The Morgan fingerprint density at radius 2 is 2.24 bits per heavy atom. The van der Waals surface area contributed by atoms with Gasteiger partial charge in [0, 0.05) is 33.8 Å². The smallest absolute Gasteiger partial charge is 0.328 e. The van der Waals surface area contributed by atoms with E-state index in [0.717, 1.165) is 27.0 Å². The lowest BCUT2D eigenvalue weighted by Crippen LogP contribution is -1.84. The van der Waals surface area contributed by atoms with Crippen LogP contribution >= 0.6 is 11.3 Å². The Bertz CT molecular complexity index is 572. The Labute approximate surface area is 103 Å². The molecule has 0 fully saturated rings. The molecule has 3 nitrogen and oxygen atoms in total. The molecule has 0 unspecified atom stereocenters. The Balaban J connectivity index is 2.27. The molecule has 2 rings (SSSR count). The van der Waals surface area contributed by atoms with Crippen molar-refractivity contribution in [3.63, 3.8) is 0 Å². The Morgan fingerprint density at radius 1 is 1.41 bits per heavy atom. The maximum Gasteiger partial charge on any atom is 0.328 e. The molecule has 0 spiro atoms. The van der Waals surface area contributed by atoms with Crippen LogP contribution in [-0.2, 0) is 4.79 Å². The van der Waals surface area contributed by atoms with Gasteiger partial charge in [0.25, 0.3) is 0 Å². The molecule has 0 saturated heterocycles. The molecule has 0 aromatic carbocycles. The zero-order valence-electron chi connectivity index (χ0n) is 9.25. The van der Waals surface area contributed by atoms with Gasteiger partial charge in [0.05, 0.1) is 0 Å². The summed E-state index contributed by atoms with van der Waals surface area (Å²) in [6.07, 6.45) is 6.36. The van der Waals surface area contributed by atoms with Gasteiger partial charge in [-0.2, -0.15) is 0 Å². The molecule has 0 amide bonds. The summed E-state index contributed by atoms with van der Waals surface area (Å²) in [5, 5.41) is 8.54. The van der Waals surface area contributed by atoms with Gasteiger partial charge in [0.15, 0.2) is 0 Å². The fourth-order valence-corrected chi connectivity index (χ4v) is 2.33. The van der Waals surface area contributed by atoms with Crippen LogP contribution in [0.1, 0.15) is 10.4 Å². The summed E-state index contributed by atoms with van der Waals surface area (Å²) in [4.78, 5) is 16.5. The van der Waals surface area contributed by atoms with Crippen molar-refractivity contribution in [3.05, 3.63) is 47.1 Å². The lowest BCUT2D eigenvalue weighted by atomic mass is 10.2. The second-order valence-corrected chi connectivity index (χ2v) is 4.74. The first-order valence-electron chi connectivity index (χ1n) is 5.08. The van der Waals surface area contributed by atoms with Crippen LogP contribution in [0.5, 0.6) is 0 Å². The van der Waals surface area contributed by atoms with Gasteiger partial charge >= 0.3 is 5.97 Å². The van der Waals surface area contributed by atoms with Crippen LogP contribution in [0.25, 0.3) is 16.5 Å². The zero-order chi connectivity index (χ0) is 12.3. The second-order valence-electron chi connectivity index (χ2n) is 3.62. The Hall–Kier alpha value is -1.94. The van der Waals surface area contributed by atoms with Gasteiger partial charge < -0.3 is 5.11 Å². The zero-order valence-corrected chi connectivity index (χ0v) is 10.1. The number of hydrogen-bond acceptors (Lipinski definition) is 3. The monoisotopic (exact) mass is 245 g/mol. The van der Waals surface area contributed by atoms with Crippen LogP contribution in [-0.4, -0.2) is 16.1 Å². The van der Waals surface area contributed by atoms with Gasteiger partial charge in [-0.3, -0.25) is 4.98 Å². The average Bonchev–Trinajstić information content (AvgIpc) is 2.75. The van der Waals surface area contributed by atoms with Crippen molar-refractivity contribution in [2.75, 3.05) is 0 Å². The molecule has 1 N–H and O–H groups in total. The average molecular weight is 245 g/mol. The molecule has 2 heterocycles. The summed E-state index contributed by atoms with van der Waals surface area (Å²) < 4.78 is 0. The topological polar surface area (TPSA) is 50.2 Å². The molecular weight excluding hydrogens is 234 g/mol. The molecule has 2 aromatic rings. The molecule has 4 heteroatoms. The van der Waals surface area contributed by atoms with E-state index >= 15 is 0 Å². The Morgan fingerprint density at radius 3 is 2.94 bits per heavy atom. The van der Waals surface area contributed by atoms with Gasteiger partial charge in [-0.15, -0.1) is 11.3 Å². The van der Waals surface area contributed by atoms with Crippen molar-refractivity contribution in [2.24, 2.45) is 0 Å². The first-order valence-corrected chi connectivity index (χ1v) is 5.89. The number of carboxylic acids is 1. The number of pyridine rings is 1. The van der Waals surface area contributed by atoms with Crippen LogP contribution in [0.15, 0.2) is 36.7 Å². The second kappa shape index (κ2) is 4.93. The molecule has 2 aromatic heterocycles. The number of nitrogens with zero attached hydrogens (tertiary/aromatic N) is 1. The number of thiophene rings is 1. The quantitative estimate of drug-likeness (QED) is 0.845. The van der Waals surface area contributed by atoms with Crippen molar-refractivity contribution in [1.82, 2.24) is 4.98 Å². The summed E-state index contributed by atoms with van der Waals surface area (Å²) in [6.45, 7) is 2.00. The van der Waals surface area contributed by atoms with E-state index in [0.29, 0.717) is 0 Å². The minimum absolute atomic E-state index is 0.920. The maximum atomic E-state index is 10.4. The van der Waals surface area contributed by atoms with Gasteiger partial charge in [0.1, 0.15) is 0 Å². The summed E-state index contributed by atoms with van der Waals surface area (Å²) in [7, 11) is 0. The molecule has 0 atom stereocenters. The van der Waals surface area contributed by atoms with Gasteiger partial charge in [-0.1, -0.05) is 0 Å². The molecule has 0 aliphatic rings. The number of aromatic nitrogens is 1. The highest BCUT2D eigenvalue weighted by atomic mass is 32.1. The highest BCUT2D eigenvalue weighted by Crippen LogP contribution is 2.28. The standard InChI is InChI=1S/C13H11NO2S/c1-9-6-10(8-14-7-9)12-4-2-11(17-12)3-5-13(15)16/h2-8H,1H3,(H,15,16)/b5-3+. The minimum atomic E-state index is -0.933. The van der Waals surface area contributed by atoms with Crippen LogP contribution in [0.4, 0.5) is 0 Å². The lowest BCUT2D eigenvalue weighted by molar-refractivity contribution is -0.131. The predicted octanol–water partition coefficient (Wildman–Crippen LogP) is 3.22. The van der Waals surface area contributed by atoms with Crippen molar-refractivity contribution < 1.29 is 9.90 Å². The van der Waals surface area contributed by atoms with E-state index in [2.05, 4.69) is 11.1 Å². The van der Waals surface area contributed by atoms with E-state index in [4.69, 9.17) is 5.11 Å². The Kier molecular flexibility index (Phi) is 3.35. The van der Waals surface area contributed by atoms with Crippen LogP contribution in [0, 0.1) is 6.92 Å². The third kappa shape index (κ3) is 3.01. The minimum Gasteiger partial charge on any atom is -0.478 e. The van der Waals surface area contributed by atoms with Crippen LogP contribution < -0.4 is 0 Å². The number of carboxylic acid groups (broad SMARTS) is 1. The summed E-state index contributed by atoms with van der Waals surface area (Å²) >= 11 is 1.55. The van der Waals surface area contributed by atoms with E-state index in [1.165, 1.54) is 0 Å². The van der Waals surface area contributed by atoms with Gasteiger partial charge in [0.2, 0.25) is 0 Å². The summed E-state index contributed by atoms with van der Waals surface area (Å²) in [6, 6.07) is 5.94. The highest BCUT2D eigenvalue weighted by Gasteiger charge is 2.02. The number of aryl methyl sites for hydroxylation is 1. The highest BCUT2D eigenvalue weighted by molar-refractivity contribution is 7.16. The summed E-state index contributed by atoms with van der Waals surface area (Å²) in [5.41, 5.74) is 2.17. The number of rotatable bonds is 3. The SMILES string of the molecule is Cc1cncc(-c2ccc(/C=C/C(=O)O)s2)c1. The van der Waals surface area contributed by atoms with E-state index < -0.39 is 5.97 Å². The van der Waals surface area contributed by atoms with Crippen molar-refractivity contribution in [1.29, 1.82) is 0 Å². The number of hydrogen-bond donors (Lipinski definition) is 1. The van der Waals surface area contributed by atoms with Crippen molar-refractivity contribution in [2.45, 2.75) is 6.92 Å². The molecule has 0 aliphatic heterocycles. The first-order chi connectivity index (χ1) is 8.15. The number of carbonyl (C=O) groups is 1. The lowest BCUT2D eigenvalue weighted by Gasteiger charge is -1.97. The maximum absolute atomic E-state index is 10.4. The number of aliphatic carboxylic acids is 1. The largest absolute Gasteiger partial charge is 0.478 e. The van der Waals surface area contributed by atoms with Gasteiger partial charge in [-0.05, 0) is 36.8 Å². The molecule has 86 valence electrons. The normalized spacial score (nSPS) is 10.9. The molecule has 17 heavy (non-hydrogen) atoms. The van der Waals surface area contributed by atoms with E-state index in [1.807, 2.05) is 31.5 Å². The third-order valence-corrected chi connectivity index (χ3v) is 3.28. The van der Waals surface area contributed by atoms with Crippen molar-refractivity contribution >= 4 is 23.4 Å².